The maximum absolute atomic E-state index is 4.36. The van der Waals surface area contributed by atoms with Gasteiger partial charge >= 0.3 is 0 Å². The number of aryl methyl sites for hydroxylation is 1. The third-order valence-electron chi connectivity index (χ3n) is 2.39. The Morgan fingerprint density at radius 2 is 2.13 bits per heavy atom. The standard InChI is InChI=1S/C13H13NS/c1-3-11(13-14-8-9-15-13)12-7-5-4-6-10(12)2/h3-9H,1-2H3/b11-3+. The molecule has 0 bridgehead atoms. The lowest BCUT2D eigenvalue weighted by molar-refractivity contribution is 1.34. The summed E-state index contributed by atoms with van der Waals surface area (Å²) in [6, 6.07) is 8.41. The van der Waals surface area contributed by atoms with Crippen LogP contribution in [0.4, 0.5) is 0 Å². The van der Waals surface area contributed by atoms with E-state index in [0.29, 0.717) is 0 Å². The zero-order chi connectivity index (χ0) is 10.7. The van der Waals surface area contributed by atoms with Gasteiger partial charge in [0.05, 0.1) is 0 Å². The van der Waals surface area contributed by atoms with Gasteiger partial charge in [-0.05, 0) is 25.0 Å². The largest absolute Gasteiger partial charge is 0.245 e. The molecule has 2 aromatic rings. The Kier molecular flexibility index (Phi) is 2.97. The van der Waals surface area contributed by atoms with Crippen LogP contribution < -0.4 is 0 Å². The van der Waals surface area contributed by atoms with E-state index in [2.05, 4.69) is 49.2 Å². The normalized spacial score (nSPS) is 11.7. The van der Waals surface area contributed by atoms with Gasteiger partial charge in [-0.1, -0.05) is 30.3 Å². The SMILES string of the molecule is C/C=C(/c1nccs1)c1ccccc1C. The average molecular weight is 215 g/mol. The molecule has 0 saturated heterocycles. The van der Waals surface area contributed by atoms with Crippen LogP contribution in [0.3, 0.4) is 0 Å². The second kappa shape index (κ2) is 4.41. The number of rotatable bonds is 2. The first-order valence-corrected chi connectivity index (χ1v) is 5.83. The zero-order valence-corrected chi connectivity index (χ0v) is 9.71. The second-order valence-electron chi connectivity index (χ2n) is 3.35. The van der Waals surface area contributed by atoms with E-state index in [1.807, 2.05) is 11.6 Å². The topological polar surface area (TPSA) is 12.9 Å². The summed E-state index contributed by atoms with van der Waals surface area (Å²) in [6.07, 6.45) is 3.98. The van der Waals surface area contributed by atoms with Crippen LogP contribution in [0.5, 0.6) is 0 Å². The molecule has 15 heavy (non-hydrogen) atoms. The van der Waals surface area contributed by atoms with E-state index in [0.717, 1.165) is 5.01 Å². The molecule has 0 atom stereocenters. The Morgan fingerprint density at radius 3 is 2.73 bits per heavy atom. The molecule has 76 valence electrons. The van der Waals surface area contributed by atoms with E-state index in [1.165, 1.54) is 16.7 Å². The van der Waals surface area contributed by atoms with Crippen molar-refractivity contribution in [2.45, 2.75) is 13.8 Å². The van der Waals surface area contributed by atoms with Gasteiger partial charge in [0, 0.05) is 17.2 Å². The van der Waals surface area contributed by atoms with Gasteiger partial charge in [-0.25, -0.2) is 4.98 Å². The average Bonchev–Trinajstić information content (AvgIpc) is 2.75. The number of nitrogens with zero attached hydrogens (tertiary/aromatic N) is 1. The summed E-state index contributed by atoms with van der Waals surface area (Å²) in [5.41, 5.74) is 3.79. The Labute approximate surface area is 94.1 Å². The summed E-state index contributed by atoms with van der Waals surface area (Å²) in [7, 11) is 0. The molecule has 1 nitrogen and oxygen atoms in total. The van der Waals surface area contributed by atoms with E-state index in [1.54, 1.807) is 11.3 Å². The number of allylic oxidation sites excluding steroid dienone is 1. The molecular weight excluding hydrogens is 202 g/mol. The summed E-state index contributed by atoms with van der Waals surface area (Å²) in [6.45, 7) is 4.19. The van der Waals surface area contributed by atoms with Gasteiger partial charge in [-0.3, -0.25) is 0 Å². The van der Waals surface area contributed by atoms with Crippen molar-refractivity contribution in [1.82, 2.24) is 4.98 Å². The van der Waals surface area contributed by atoms with Gasteiger partial charge in [-0.2, -0.15) is 0 Å². The molecule has 0 fully saturated rings. The number of hydrogen-bond donors (Lipinski definition) is 0. The molecule has 0 N–H and O–H groups in total. The molecule has 0 spiro atoms. The van der Waals surface area contributed by atoms with Crippen molar-refractivity contribution < 1.29 is 0 Å². The highest BCUT2D eigenvalue weighted by molar-refractivity contribution is 7.10. The summed E-state index contributed by atoms with van der Waals surface area (Å²) in [5, 5.41) is 3.10. The lowest BCUT2D eigenvalue weighted by Crippen LogP contribution is -1.89. The number of hydrogen-bond acceptors (Lipinski definition) is 2. The lowest BCUT2D eigenvalue weighted by atomic mass is 10.0. The Hall–Kier alpha value is -1.41. The van der Waals surface area contributed by atoms with Crippen molar-refractivity contribution in [2.75, 3.05) is 0 Å². The molecule has 0 unspecified atom stereocenters. The number of aromatic nitrogens is 1. The van der Waals surface area contributed by atoms with Gasteiger partial charge in [-0.15, -0.1) is 11.3 Å². The molecule has 0 saturated carbocycles. The van der Waals surface area contributed by atoms with Crippen molar-refractivity contribution >= 4 is 16.9 Å². The Balaban J connectivity index is 2.50. The molecule has 1 aromatic carbocycles. The van der Waals surface area contributed by atoms with Gasteiger partial charge in [0.1, 0.15) is 5.01 Å². The molecule has 0 aliphatic rings. The summed E-state index contributed by atoms with van der Waals surface area (Å²) >= 11 is 1.68. The molecule has 0 amide bonds. The van der Waals surface area contributed by atoms with Crippen molar-refractivity contribution in [1.29, 1.82) is 0 Å². The van der Waals surface area contributed by atoms with Crippen LogP contribution in [0.25, 0.3) is 5.57 Å². The van der Waals surface area contributed by atoms with Crippen molar-refractivity contribution in [3.8, 4) is 0 Å². The smallest absolute Gasteiger partial charge is 0.123 e. The molecule has 0 aliphatic carbocycles. The van der Waals surface area contributed by atoms with Crippen molar-refractivity contribution in [2.24, 2.45) is 0 Å². The van der Waals surface area contributed by atoms with Crippen LogP contribution in [0.15, 0.2) is 41.9 Å². The van der Waals surface area contributed by atoms with Crippen LogP contribution in [0.2, 0.25) is 0 Å². The zero-order valence-electron chi connectivity index (χ0n) is 8.90. The van der Waals surface area contributed by atoms with E-state index in [4.69, 9.17) is 0 Å². The fourth-order valence-corrected chi connectivity index (χ4v) is 2.35. The minimum Gasteiger partial charge on any atom is -0.245 e. The second-order valence-corrected chi connectivity index (χ2v) is 4.25. The number of benzene rings is 1. The first-order chi connectivity index (χ1) is 7.33. The molecule has 0 aliphatic heterocycles. The predicted molar refractivity (Wildman–Crippen MR) is 66.0 cm³/mol. The minimum absolute atomic E-state index is 1.09. The fourth-order valence-electron chi connectivity index (χ4n) is 1.63. The van der Waals surface area contributed by atoms with Gasteiger partial charge in [0.2, 0.25) is 0 Å². The predicted octanol–water partition coefficient (Wildman–Crippen LogP) is 3.90. The molecule has 1 heterocycles. The number of thiazole rings is 1. The molecular formula is C13H13NS. The third kappa shape index (κ3) is 2.00. The van der Waals surface area contributed by atoms with E-state index in [-0.39, 0.29) is 0 Å². The van der Waals surface area contributed by atoms with Crippen molar-refractivity contribution in [3.63, 3.8) is 0 Å². The minimum atomic E-state index is 1.09. The van der Waals surface area contributed by atoms with E-state index >= 15 is 0 Å². The lowest BCUT2D eigenvalue weighted by Gasteiger charge is -2.07. The molecule has 1 aromatic heterocycles. The summed E-state index contributed by atoms with van der Waals surface area (Å²) < 4.78 is 0. The van der Waals surface area contributed by atoms with Crippen molar-refractivity contribution in [3.05, 3.63) is 58.1 Å². The van der Waals surface area contributed by atoms with Gasteiger partial charge in [0.25, 0.3) is 0 Å². The van der Waals surface area contributed by atoms with Crippen LogP contribution in [0.1, 0.15) is 23.1 Å². The quantitative estimate of drug-likeness (QED) is 0.740. The van der Waals surface area contributed by atoms with E-state index in [9.17, 15) is 0 Å². The fraction of sp³-hybridized carbons (Fsp3) is 0.154. The highest BCUT2D eigenvalue weighted by Gasteiger charge is 2.07. The third-order valence-corrected chi connectivity index (χ3v) is 3.19. The van der Waals surface area contributed by atoms with Crippen LogP contribution in [-0.4, -0.2) is 4.98 Å². The van der Waals surface area contributed by atoms with E-state index < -0.39 is 0 Å². The molecule has 0 radical (unpaired) electrons. The monoisotopic (exact) mass is 215 g/mol. The summed E-state index contributed by atoms with van der Waals surface area (Å²) in [4.78, 5) is 4.36. The van der Waals surface area contributed by atoms with Crippen LogP contribution in [-0.2, 0) is 0 Å². The van der Waals surface area contributed by atoms with Crippen LogP contribution >= 0.6 is 11.3 Å². The first-order valence-electron chi connectivity index (χ1n) is 4.95. The van der Waals surface area contributed by atoms with Gasteiger partial charge < -0.3 is 0 Å². The first kappa shape index (κ1) is 10.1. The van der Waals surface area contributed by atoms with Gasteiger partial charge in [0.15, 0.2) is 0 Å². The van der Waals surface area contributed by atoms with Crippen LogP contribution in [0, 0.1) is 6.92 Å². The highest BCUT2D eigenvalue weighted by atomic mass is 32.1. The summed E-state index contributed by atoms with van der Waals surface area (Å²) in [5.74, 6) is 0. The highest BCUT2D eigenvalue weighted by Crippen LogP contribution is 2.26. The molecule has 2 rings (SSSR count). The Bertz CT molecular complexity index is 469. The maximum atomic E-state index is 4.36. The molecule has 2 heteroatoms. The Morgan fingerprint density at radius 1 is 1.33 bits per heavy atom. The maximum Gasteiger partial charge on any atom is 0.123 e.